The second-order valence-electron chi connectivity index (χ2n) is 9.17. The number of rotatable bonds is 6. The number of aryl methyl sites for hydroxylation is 4. The fourth-order valence-electron chi connectivity index (χ4n) is 4.64. The molecule has 0 atom stereocenters. The van der Waals surface area contributed by atoms with Gasteiger partial charge in [-0.25, -0.2) is 4.98 Å². The molecule has 1 N–H and O–H groups in total. The van der Waals surface area contributed by atoms with Crippen LogP contribution in [0.3, 0.4) is 0 Å². The summed E-state index contributed by atoms with van der Waals surface area (Å²) in [7, 11) is 0. The number of hydrogen-bond donors (Lipinski definition) is 1. The molecule has 170 valence electrons. The maximum Gasteiger partial charge on any atom is 0.251 e. The van der Waals surface area contributed by atoms with Crippen LogP contribution in [0.1, 0.15) is 55.1 Å². The van der Waals surface area contributed by atoms with Crippen LogP contribution in [0.4, 0.5) is 0 Å². The number of nitrogens with one attached hydrogen (secondary N) is 1. The maximum absolute atomic E-state index is 12.7. The number of imidazole rings is 1. The van der Waals surface area contributed by atoms with Crippen molar-refractivity contribution in [1.82, 2.24) is 14.9 Å². The van der Waals surface area contributed by atoms with Gasteiger partial charge in [-0.1, -0.05) is 35.9 Å². The van der Waals surface area contributed by atoms with E-state index in [0.717, 1.165) is 40.1 Å². The second-order valence-corrected chi connectivity index (χ2v) is 9.17. The van der Waals surface area contributed by atoms with Crippen LogP contribution >= 0.6 is 0 Å². The normalized spacial score (nSPS) is 11.2. The topological polar surface area (TPSA) is 46.9 Å². The zero-order chi connectivity index (χ0) is 23.7. The van der Waals surface area contributed by atoms with E-state index >= 15 is 0 Å². The number of benzene rings is 3. The quantitative estimate of drug-likeness (QED) is 0.406. The number of amides is 1. The molecule has 0 bridgehead atoms. The Morgan fingerprint density at radius 3 is 2.27 bits per heavy atom. The summed E-state index contributed by atoms with van der Waals surface area (Å²) in [5.41, 5.74) is 11.7. The van der Waals surface area contributed by atoms with Crippen molar-refractivity contribution in [3.8, 4) is 0 Å². The Morgan fingerprint density at radius 2 is 1.58 bits per heavy atom. The third-order valence-electron chi connectivity index (χ3n) is 6.83. The van der Waals surface area contributed by atoms with Crippen molar-refractivity contribution in [2.45, 2.75) is 54.5 Å². The van der Waals surface area contributed by atoms with Crippen LogP contribution in [0, 0.1) is 41.5 Å². The predicted octanol–water partition coefficient (Wildman–Crippen LogP) is 5.91. The lowest BCUT2D eigenvalue weighted by Gasteiger charge is -2.18. The maximum atomic E-state index is 12.7. The first-order chi connectivity index (χ1) is 15.8. The molecule has 0 saturated carbocycles. The molecule has 4 aromatic rings. The SMILES string of the molecule is Cc1ccc(C(=O)NCCc2nc3ccccc3n2Cc2c(C)c(C)cc(C)c2C)c(C)c1. The van der Waals surface area contributed by atoms with Gasteiger partial charge in [0.05, 0.1) is 11.0 Å². The average Bonchev–Trinajstić information content (AvgIpc) is 3.12. The van der Waals surface area contributed by atoms with Gasteiger partial charge >= 0.3 is 0 Å². The van der Waals surface area contributed by atoms with E-state index in [0.29, 0.717) is 13.0 Å². The van der Waals surface area contributed by atoms with E-state index in [1.54, 1.807) is 0 Å². The molecule has 4 heteroatoms. The molecular formula is C29H33N3O. The van der Waals surface area contributed by atoms with Gasteiger partial charge in [-0.05, 0) is 93.1 Å². The number of para-hydroxylation sites is 2. The molecule has 1 heterocycles. The van der Waals surface area contributed by atoms with Gasteiger partial charge in [0, 0.05) is 25.1 Å². The van der Waals surface area contributed by atoms with Gasteiger partial charge in [0.2, 0.25) is 0 Å². The summed E-state index contributed by atoms with van der Waals surface area (Å²) in [5, 5.41) is 3.09. The lowest BCUT2D eigenvalue weighted by Crippen LogP contribution is -2.27. The van der Waals surface area contributed by atoms with Crippen LogP contribution in [0.15, 0.2) is 48.5 Å². The summed E-state index contributed by atoms with van der Waals surface area (Å²) in [6.45, 7) is 14.1. The minimum absolute atomic E-state index is 0.0313. The third-order valence-corrected chi connectivity index (χ3v) is 6.83. The third kappa shape index (κ3) is 4.56. The first kappa shape index (κ1) is 22.8. The fraction of sp³-hybridized carbons (Fsp3) is 0.310. The molecule has 0 fully saturated rings. The molecule has 0 aliphatic carbocycles. The molecule has 0 saturated heterocycles. The summed E-state index contributed by atoms with van der Waals surface area (Å²) in [4.78, 5) is 17.7. The fourth-order valence-corrected chi connectivity index (χ4v) is 4.64. The van der Waals surface area contributed by atoms with Crippen LogP contribution in [-0.2, 0) is 13.0 Å². The number of fused-ring (bicyclic) bond motifs is 1. The van der Waals surface area contributed by atoms with E-state index in [2.05, 4.69) is 61.8 Å². The van der Waals surface area contributed by atoms with Gasteiger partial charge in [0.25, 0.3) is 5.91 Å². The summed E-state index contributed by atoms with van der Waals surface area (Å²) < 4.78 is 2.31. The van der Waals surface area contributed by atoms with E-state index in [-0.39, 0.29) is 5.91 Å². The Bertz CT molecular complexity index is 1320. The van der Waals surface area contributed by atoms with Crippen LogP contribution < -0.4 is 5.32 Å². The zero-order valence-electron chi connectivity index (χ0n) is 20.5. The Hall–Kier alpha value is -3.40. The summed E-state index contributed by atoms with van der Waals surface area (Å²) in [6, 6.07) is 16.5. The molecule has 4 rings (SSSR count). The molecule has 0 spiro atoms. The monoisotopic (exact) mass is 439 g/mol. The van der Waals surface area contributed by atoms with E-state index in [1.807, 2.05) is 38.1 Å². The van der Waals surface area contributed by atoms with E-state index in [1.165, 1.54) is 27.8 Å². The number of aromatic nitrogens is 2. The van der Waals surface area contributed by atoms with Crippen molar-refractivity contribution in [3.63, 3.8) is 0 Å². The molecule has 0 aliphatic rings. The van der Waals surface area contributed by atoms with E-state index < -0.39 is 0 Å². The second kappa shape index (κ2) is 9.22. The summed E-state index contributed by atoms with van der Waals surface area (Å²) in [6.07, 6.45) is 0.675. The molecule has 1 amide bonds. The van der Waals surface area contributed by atoms with Gasteiger partial charge in [-0.15, -0.1) is 0 Å². The Morgan fingerprint density at radius 1 is 0.879 bits per heavy atom. The van der Waals surface area contributed by atoms with Crippen LogP contribution in [0.5, 0.6) is 0 Å². The van der Waals surface area contributed by atoms with Gasteiger partial charge in [-0.3, -0.25) is 4.79 Å². The van der Waals surface area contributed by atoms with Crippen molar-refractivity contribution in [1.29, 1.82) is 0 Å². The molecule has 3 aromatic carbocycles. The molecule has 1 aromatic heterocycles. The molecular weight excluding hydrogens is 406 g/mol. The van der Waals surface area contributed by atoms with Gasteiger partial charge in [0.1, 0.15) is 5.82 Å². The standard InChI is InChI=1S/C29H33N3O/c1-18-11-12-24(21(4)15-18)29(33)30-14-13-28-31-26-9-7-8-10-27(26)32(28)17-25-22(5)19(2)16-20(3)23(25)6/h7-12,15-16H,13-14,17H2,1-6H3,(H,30,33). The van der Waals surface area contributed by atoms with Crippen molar-refractivity contribution in [2.24, 2.45) is 0 Å². The minimum atomic E-state index is -0.0313. The largest absolute Gasteiger partial charge is 0.352 e. The molecule has 0 unspecified atom stereocenters. The van der Waals surface area contributed by atoms with Gasteiger partial charge in [0.15, 0.2) is 0 Å². The number of carbonyl (C=O) groups is 1. The van der Waals surface area contributed by atoms with Crippen LogP contribution in [0.2, 0.25) is 0 Å². The van der Waals surface area contributed by atoms with Crippen molar-refractivity contribution >= 4 is 16.9 Å². The Kier molecular flexibility index (Phi) is 6.37. The molecule has 33 heavy (non-hydrogen) atoms. The predicted molar refractivity (Wildman–Crippen MR) is 136 cm³/mol. The molecule has 0 radical (unpaired) electrons. The highest BCUT2D eigenvalue weighted by molar-refractivity contribution is 5.95. The summed E-state index contributed by atoms with van der Waals surface area (Å²) >= 11 is 0. The smallest absolute Gasteiger partial charge is 0.251 e. The number of carbonyl (C=O) groups excluding carboxylic acids is 1. The first-order valence-corrected chi connectivity index (χ1v) is 11.6. The van der Waals surface area contributed by atoms with Gasteiger partial charge < -0.3 is 9.88 Å². The average molecular weight is 440 g/mol. The summed E-state index contributed by atoms with van der Waals surface area (Å²) in [5.74, 6) is 0.964. The van der Waals surface area contributed by atoms with Crippen LogP contribution in [-0.4, -0.2) is 22.0 Å². The Balaban J connectivity index is 1.60. The van der Waals surface area contributed by atoms with E-state index in [9.17, 15) is 4.79 Å². The van der Waals surface area contributed by atoms with Crippen molar-refractivity contribution in [2.75, 3.05) is 6.54 Å². The highest BCUT2D eigenvalue weighted by Crippen LogP contribution is 2.25. The highest BCUT2D eigenvalue weighted by atomic mass is 16.1. The van der Waals surface area contributed by atoms with Gasteiger partial charge in [-0.2, -0.15) is 0 Å². The Labute approximate surface area is 196 Å². The van der Waals surface area contributed by atoms with Crippen LogP contribution in [0.25, 0.3) is 11.0 Å². The lowest BCUT2D eigenvalue weighted by molar-refractivity contribution is 0.0953. The zero-order valence-corrected chi connectivity index (χ0v) is 20.5. The minimum Gasteiger partial charge on any atom is -0.352 e. The van der Waals surface area contributed by atoms with Crippen molar-refractivity contribution in [3.05, 3.63) is 98.9 Å². The first-order valence-electron chi connectivity index (χ1n) is 11.6. The lowest BCUT2D eigenvalue weighted by atomic mass is 9.94. The number of hydrogen-bond acceptors (Lipinski definition) is 2. The van der Waals surface area contributed by atoms with E-state index in [4.69, 9.17) is 4.98 Å². The van der Waals surface area contributed by atoms with Crippen molar-refractivity contribution < 1.29 is 4.79 Å². The molecule has 4 nitrogen and oxygen atoms in total. The highest BCUT2D eigenvalue weighted by Gasteiger charge is 2.16. The number of nitrogens with zero attached hydrogens (tertiary/aromatic N) is 2. The molecule has 0 aliphatic heterocycles.